The Morgan fingerprint density at radius 2 is 1.67 bits per heavy atom. The summed E-state index contributed by atoms with van der Waals surface area (Å²) in [4.78, 5) is 12.5. The summed E-state index contributed by atoms with van der Waals surface area (Å²) in [6.07, 6.45) is 0. The third kappa shape index (κ3) is 3.40. The highest BCUT2D eigenvalue weighted by molar-refractivity contribution is 6.37. The van der Waals surface area contributed by atoms with Gasteiger partial charge < -0.3 is 16.2 Å². The first kappa shape index (κ1) is 15.5. The fourth-order valence-electron chi connectivity index (χ4n) is 1.93. The molecule has 0 aliphatic carbocycles. The molecule has 0 heterocycles. The van der Waals surface area contributed by atoms with E-state index in [2.05, 4.69) is 0 Å². The fourth-order valence-corrected chi connectivity index (χ4v) is 2.39. The molecule has 0 unspecified atom stereocenters. The van der Waals surface area contributed by atoms with Crippen LogP contribution in [-0.4, -0.2) is 12.4 Å². The number of carbonyl (C=O) groups excluding carboxylic acids is 1. The standard InChI is InChI=1S/C15H14Cl2N2O2/c1-2-21-14-7-12(16)11(6-13(14)17)15(20)8-3-9(18)5-10(19)4-8/h3-7H,2,18-19H2,1H3. The molecule has 2 aromatic rings. The Morgan fingerprint density at radius 1 is 1.05 bits per heavy atom. The monoisotopic (exact) mass is 324 g/mol. The van der Waals surface area contributed by atoms with Crippen molar-refractivity contribution in [1.29, 1.82) is 0 Å². The van der Waals surface area contributed by atoms with Gasteiger partial charge in [-0.05, 0) is 31.2 Å². The minimum atomic E-state index is -0.302. The van der Waals surface area contributed by atoms with Crippen LogP contribution in [0.25, 0.3) is 0 Å². The lowest BCUT2D eigenvalue weighted by atomic mass is 10.0. The highest BCUT2D eigenvalue weighted by Crippen LogP contribution is 2.32. The van der Waals surface area contributed by atoms with E-state index in [-0.39, 0.29) is 16.4 Å². The maximum Gasteiger partial charge on any atom is 0.194 e. The molecule has 0 amide bonds. The van der Waals surface area contributed by atoms with Crippen LogP contribution in [0.3, 0.4) is 0 Å². The minimum Gasteiger partial charge on any atom is -0.492 e. The number of ketones is 1. The van der Waals surface area contributed by atoms with Crippen LogP contribution >= 0.6 is 23.2 Å². The number of anilines is 2. The van der Waals surface area contributed by atoms with Crippen LogP contribution in [0.15, 0.2) is 30.3 Å². The van der Waals surface area contributed by atoms with Gasteiger partial charge in [-0.2, -0.15) is 0 Å². The van der Waals surface area contributed by atoms with Gasteiger partial charge in [-0.1, -0.05) is 23.2 Å². The average molecular weight is 325 g/mol. The van der Waals surface area contributed by atoms with Crippen molar-refractivity contribution in [2.75, 3.05) is 18.1 Å². The minimum absolute atomic E-state index is 0.258. The molecule has 2 rings (SSSR count). The van der Waals surface area contributed by atoms with Gasteiger partial charge in [-0.25, -0.2) is 0 Å². The van der Waals surface area contributed by atoms with E-state index >= 15 is 0 Å². The van der Waals surface area contributed by atoms with Gasteiger partial charge in [-0.15, -0.1) is 0 Å². The normalized spacial score (nSPS) is 10.4. The zero-order valence-electron chi connectivity index (χ0n) is 11.3. The molecule has 0 fully saturated rings. The van der Waals surface area contributed by atoms with Gasteiger partial charge >= 0.3 is 0 Å². The number of benzene rings is 2. The Balaban J connectivity index is 2.46. The molecule has 21 heavy (non-hydrogen) atoms. The van der Waals surface area contributed by atoms with Crippen molar-refractivity contribution in [1.82, 2.24) is 0 Å². The largest absolute Gasteiger partial charge is 0.492 e. The molecule has 4 nitrogen and oxygen atoms in total. The molecule has 0 saturated carbocycles. The molecule has 0 bridgehead atoms. The Kier molecular flexibility index (Phi) is 4.60. The van der Waals surface area contributed by atoms with E-state index in [0.29, 0.717) is 34.3 Å². The van der Waals surface area contributed by atoms with Crippen LogP contribution < -0.4 is 16.2 Å². The molecule has 0 radical (unpaired) electrons. The molecular formula is C15H14Cl2N2O2. The van der Waals surface area contributed by atoms with E-state index in [4.69, 9.17) is 39.4 Å². The number of hydrogen-bond donors (Lipinski definition) is 2. The van der Waals surface area contributed by atoms with Crippen LogP contribution in [0.5, 0.6) is 5.75 Å². The second kappa shape index (κ2) is 6.24. The molecule has 0 saturated heterocycles. The van der Waals surface area contributed by atoms with E-state index in [1.54, 1.807) is 18.2 Å². The average Bonchev–Trinajstić information content (AvgIpc) is 2.41. The number of ether oxygens (including phenoxy) is 1. The molecule has 2 aromatic carbocycles. The van der Waals surface area contributed by atoms with Gasteiger partial charge in [0.25, 0.3) is 0 Å². The van der Waals surface area contributed by atoms with Crippen molar-refractivity contribution in [3.8, 4) is 5.75 Å². The molecule has 0 spiro atoms. The zero-order valence-corrected chi connectivity index (χ0v) is 12.8. The van der Waals surface area contributed by atoms with Gasteiger partial charge in [0, 0.05) is 28.6 Å². The number of nitrogen functional groups attached to an aromatic ring is 2. The van der Waals surface area contributed by atoms with Crippen LogP contribution in [0.4, 0.5) is 11.4 Å². The van der Waals surface area contributed by atoms with Crippen LogP contribution in [0, 0.1) is 0 Å². The predicted molar refractivity (Wildman–Crippen MR) is 86.3 cm³/mol. The van der Waals surface area contributed by atoms with Crippen LogP contribution in [0.2, 0.25) is 10.0 Å². The van der Waals surface area contributed by atoms with Gasteiger partial charge in [0.05, 0.1) is 16.7 Å². The quantitative estimate of drug-likeness (QED) is 0.662. The maximum atomic E-state index is 12.5. The van der Waals surface area contributed by atoms with E-state index in [9.17, 15) is 4.79 Å². The van der Waals surface area contributed by atoms with Gasteiger partial charge in [0.1, 0.15) is 5.75 Å². The van der Waals surface area contributed by atoms with Crippen LogP contribution in [0.1, 0.15) is 22.8 Å². The summed E-state index contributed by atoms with van der Waals surface area (Å²) in [5, 5.41) is 0.579. The Labute approximate surface area is 132 Å². The molecule has 6 heteroatoms. The molecule has 4 N–H and O–H groups in total. The second-order valence-corrected chi connectivity index (χ2v) is 5.23. The van der Waals surface area contributed by atoms with Gasteiger partial charge in [0.2, 0.25) is 0 Å². The highest BCUT2D eigenvalue weighted by Gasteiger charge is 2.17. The highest BCUT2D eigenvalue weighted by atomic mass is 35.5. The van der Waals surface area contributed by atoms with Crippen molar-refractivity contribution < 1.29 is 9.53 Å². The van der Waals surface area contributed by atoms with E-state index < -0.39 is 0 Å². The maximum absolute atomic E-state index is 12.5. The Bertz CT molecular complexity index is 682. The first-order chi connectivity index (χ1) is 9.92. The zero-order chi connectivity index (χ0) is 15.6. The number of halogens is 2. The number of nitrogens with two attached hydrogens (primary N) is 2. The van der Waals surface area contributed by atoms with Crippen molar-refractivity contribution in [2.45, 2.75) is 6.92 Å². The van der Waals surface area contributed by atoms with Crippen molar-refractivity contribution in [3.05, 3.63) is 51.5 Å². The van der Waals surface area contributed by atoms with Crippen LogP contribution in [-0.2, 0) is 0 Å². The summed E-state index contributed by atoms with van der Waals surface area (Å²) in [7, 11) is 0. The molecule has 0 aliphatic rings. The lowest BCUT2D eigenvalue weighted by molar-refractivity contribution is 0.103. The van der Waals surface area contributed by atoms with Gasteiger partial charge in [0.15, 0.2) is 5.78 Å². The number of carbonyl (C=O) groups is 1. The fraction of sp³-hybridized carbons (Fsp3) is 0.133. The Morgan fingerprint density at radius 3 is 2.24 bits per heavy atom. The summed E-state index contributed by atoms with van der Waals surface area (Å²) >= 11 is 12.2. The number of rotatable bonds is 4. The lowest BCUT2D eigenvalue weighted by Gasteiger charge is -2.10. The SMILES string of the molecule is CCOc1cc(Cl)c(C(=O)c2cc(N)cc(N)c2)cc1Cl. The van der Waals surface area contributed by atoms with Crippen molar-refractivity contribution in [3.63, 3.8) is 0 Å². The molecule has 110 valence electrons. The van der Waals surface area contributed by atoms with Crippen molar-refractivity contribution in [2.24, 2.45) is 0 Å². The summed E-state index contributed by atoms with van der Waals surface area (Å²) in [6.45, 7) is 2.29. The molecule has 0 aromatic heterocycles. The predicted octanol–water partition coefficient (Wildman–Crippen LogP) is 3.79. The smallest absolute Gasteiger partial charge is 0.194 e. The topological polar surface area (TPSA) is 78.3 Å². The van der Waals surface area contributed by atoms with Gasteiger partial charge in [-0.3, -0.25) is 4.79 Å². The Hall–Kier alpha value is -1.91. The molecule has 0 atom stereocenters. The molecular weight excluding hydrogens is 311 g/mol. The lowest BCUT2D eigenvalue weighted by Crippen LogP contribution is -2.05. The van der Waals surface area contributed by atoms with E-state index in [0.717, 1.165) is 0 Å². The molecule has 0 aliphatic heterocycles. The third-order valence-corrected chi connectivity index (χ3v) is 3.41. The van der Waals surface area contributed by atoms with E-state index in [1.807, 2.05) is 6.92 Å². The number of hydrogen-bond acceptors (Lipinski definition) is 4. The van der Waals surface area contributed by atoms with Crippen molar-refractivity contribution >= 4 is 40.4 Å². The first-order valence-corrected chi connectivity index (χ1v) is 7.00. The summed E-state index contributed by atoms with van der Waals surface area (Å²) < 4.78 is 5.33. The summed E-state index contributed by atoms with van der Waals surface area (Å²) in [6, 6.07) is 7.66. The first-order valence-electron chi connectivity index (χ1n) is 6.25. The summed E-state index contributed by atoms with van der Waals surface area (Å²) in [5.41, 5.74) is 12.8. The second-order valence-electron chi connectivity index (χ2n) is 4.41. The van der Waals surface area contributed by atoms with E-state index in [1.165, 1.54) is 12.1 Å². The third-order valence-electron chi connectivity index (χ3n) is 2.81. The summed E-state index contributed by atoms with van der Waals surface area (Å²) in [5.74, 6) is 0.136.